The largest absolute Gasteiger partial charge is 0.481 e. The van der Waals surface area contributed by atoms with Gasteiger partial charge in [-0.2, -0.15) is 0 Å². The zero-order chi connectivity index (χ0) is 28.3. The average Bonchev–Trinajstić information content (AvgIpc) is 2.92. The van der Waals surface area contributed by atoms with Gasteiger partial charge in [-0.1, -0.05) is 70.4 Å². The number of carboxylic acid groups (broad SMARTS) is 1. The molecular weight excluding hydrogens is 480 g/mol. The molecule has 0 atom stereocenters. The Morgan fingerprint density at radius 1 is 0.595 bits per heavy atom. The van der Waals surface area contributed by atoms with E-state index < -0.39 is 56.4 Å². The third kappa shape index (κ3) is 21.5. The fourth-order valence-corrected chi connectivity index (χ4v) is 3.40. The molecule has 9 heteroatoms. The van der Waals surface area contributed by atoms with Crippen molar-refractivity contribution in [3.8, 4) is 0 Å². The predicted octanol–water partition coefficient (Wildman–Crippen LogP) is 3.04. The lowest BCUT2D eigenvalue weighted by atomic mass is 9.91. The first kappa shape index (κ1) is 38.1. The molecule has 0 aromatic heterocycles. The van der Waals surface area contributed by atoms with Crippen LogP contribution in [0.2, 0.25) is 0 Å². The van der Waals surface area contributed by atoms with Crippen molar-refractivity contribution in [2.24, 2.45) is 10.8 Å². The Labute approximate surface area is 224 Å². The molecule has 0 fully saturated rings. The van der Waals surface area contributed by atoms with Crippen LogP contribution in [0.3, 0.4) is 0 Å². The summed E-state index contributed by atoms with van der Waals surface area (Å²) in [5, 5.41) is 62.7. The zero-order valence-corrected chi connectivity index (χ0v) is 23.2. The van der Waals surface area contributed by atoms with Gasteiger partial charge in [-0.25, -0.2) is 0 Å². The summed E-state index contributed by atoms with van der Waals surface area (Å²) in [5.41, 5.74) is -2.32. The van der Waals surface area contributed by atoms with Crippen LogP contribution in [0.5, 0.6) is 0 Å². The highest BCUT2D eigenvalue weighted by Gasteiger charge is 2.32. The Bertz CT molecular complexity index is 481. The van der Waals surface area contributed by atoms with Crippen molar-refractivity contribution >= 4 is 5.97 Å². The van der Waals surface area contributed by atoms with Crippen molar-refractivity contribution in [2.75, 3.05) is 52.9 Å². The molecule has 0 heterocycles. The van der Waals surface area contributed by atoms with Crippen LogP contribution in [0.1, 0.15) is 96.8 Å². The summed E-state index contributed by atoms with van der Waals surface area (Å²) < 4.78 is 5.15. The SMILES string of the molecule is CCCCCCCCC=CCCCCCCCC(=O)O.OCC(CO)(CO)COCC(CO)(CO)CO. The summed E-state index contributed by atoms with van der Waals surface area (Å²) in [4.78, 5) is 10.3. The molecule has 7 N–H and O–H groups in total. The lowest BCUT2D eigenvalue weighted by Crippen LogP contribution is -2.43. The molecule has 0 aromatic rings. The number of ether oxygens (including phenoxy) is 1. The first-order chi connectivity index (χ1) is 17.8. The highest BCUT2D eigenvalue weighted by Crippen LogP contribution is 2.19. The van der Waals surface area contributed by atoms with Crippen LogP contribution in [0.4, 0.5) is 0 Å². The second kappa shape index (κ2) is 26.5. The van der Waals surface area contributed by atoms with Crippen LogP contribution in [0.15, 0.2) is 12.2 Å². The van der Waals surface area contributed by atoms with Gasteiger partial charge in [0.2, 0.25) is 0 Å². The van der Waals surface area contributed by atoms with E-state index in [0.717, 1.165) is 12.8 Å². The van der Waals surface area contributed by atoms with Crippen molar-refractivity contribution < 1.29 is 45.3 Å². The van der Waals surface area contributed by atoms with Crippen molar-refractivity contribution in [1.29, 1.82) is 0 Å². The van der Waals surface area contributed by atoms with Crippen LogP contribution < -0.4 is 0 Å². The standard InChI is InChI=1S/C18H34O2.C10H22O7/c1-2-3-4-5-6-7-8-9-10-11-12-13-14-15-16-17-18(19)20;11-1-9(2-12,3-13)7-17-8-10(4-14,5-15)6-16/h9-10H,2-8,11-17H2,1H3,(H,19,20);11-16H,1-8H2. The van der Waals surface area contributed by atoms with Gasteiger partial charge >= 0.3 is 5.97 Å². The quantitative estimate of drug-likeness (QED) is 0.0685. The first-order valence-electron chi connectivity index (χ1n) is 13.9. The van der Waals surface area contributed by atoms with Crippen molar-refractivity contribution in [3.05, 3.63) is 12.2 Å². The molecule has 0 rings (SSSR count). The van der Waals surface area contributed by atoms with E-state index in [-0.39, 0.29) is 13.2 Å². The molecule has 0 radical (unpaired) electrons. The van der Waals surface area contributed by atoms with Gasteiger partial charge in [-0.3, -0.25) is 4.79 Å². The summed E-state index contributed by atoms with van der Waals surface area (Å²) in [5.74, 6) is -0.664. The lowest BCUT2D eigenvalue weighted by molar-refractivity contribution is -0.137. The van der Waals surface area contributed by atoms with Crippen LogP contribution in [-0.4, -0.2) is 94.6 Å². The van der Waals surface area contributed by atoms with Gasteiger partial charge < -0.3 is 40.5 Å². The Morgan fingerprint density at radius 2 is 0.946 bits per heavy atom. The van der Waals surface area contributed by atoms with E-state index in [1.165, 1.54) is 70.6 Å². The molecule has 0 unspecified atom stereocenters. The number of hydrogen-bond donors (Lipinski definition) is 7. The second-order valence-electron chi connectivity index (χ2n) is 10.2. The Kier molecular flexibility index (Phi) is 27.3. The average molecular weight is 537 g/mol. The van der Waals surface area contributed by atoms with Crippen LogP contribution in [-0.2, 0) is 9.53 Å². The molecule has 0 spiro atoms. The van der Waals surface area contributed by atoms with E-state index in [9.17, 15) is 4.79 Å². The molecule has 0 aliphatic carbocycles. The van der Waals surface area contributed by atoms with Crippen molar-refractivity contribution in [2.45, 2.75) is 96.8 Å². The van der Waals surface area contributed by atoms with Crippen LogP contribution in [0, 0.1) is 10.8 Å². The lowest BCUT2D eigenvalue weighted by Gasteiger charge is -2.31. The van der Waals surface area contributed by atoms with E-state index in [1.54, 1.807) is 0 Å². The molecule has 0 aliphatic heterocycles. The number of carbonyl (C=O) groups is 1. The number of aliphatic hydroxyl groups excluding tert-OH is 6. The van der Waals surface area contributed by atoms with Crippen LogP contribution >= 0.6 is 0 Å². The van der Waals surface area contributed by atoms with Crippen LogP contribution in [0.25, 0.3) is 0 Å². The van der Waals surface area contributed by atoms with E-state index in [4.69, 9.17) is 40.5 Å². The van der Waals surface area contributed by atoms with Gasteiger partial charge in [0.1, 0.15) is 0 Å². The predicted molar refractivity (Wildman–Crippen MR) is 145 cm³/mol. The number of unbranched alkanes of at least 4 members (excludes halogenated alkanes) is 11. The van der Waals surface area contributed by atoms with Crippen molar-refractivity contribution in [1.82, 2.24) is 0 Å². The number of rotatable bonds is 25. The molecule has 37 heavy (non-hydrogen) atoms. The molecule has 0 amide bonds. The van der Waals surface area contributed by atoms with E-state index in [1.807, 2.05) is 0 Å². The summed E-state index contributed by atoms with van der Waals surface area (Å²) >= 11 is 0. The maximum Gasteiger partial charge on any atom is 0.303 e. The molecule has 9 nitrogen and oxygen atoms in total. The van der Waals surface area contributed by atoms with E-state index >= 15 is 0 Å². The number of carboxylic acids is 1. The minimum Gasteiger partial charge on any atom is -0.481 e. The van der Waals surface area contributed by atoms with Gasteiger partial charge in [0.05, 0.1) is 63.7 Å². The van der Waals surface area contributed by atoms with Gasteiger partial charge in [0.15, 0.2) is 0 Å². The number of allylic oxidation sites excluding steroid dienone is 2. The molecule has 0 bridgehead atoms. The van der Waals surface area contributed by atoms with Crippen molar-refractivity contribution in [3.63, 3.8) is 0 Å². The van der Waals surface area contributed by atoms with Gasteiger partial charge in [0, 0.05) is 6.42 Å². The molecular formula is C28H56O9. The third-order valence-electron chi connectivity index (χ3n) is 6.48. The highest BCUT2D eigenvalue weighted by molar-refractivity contribution is 5.66. The Balaban J connectivity index is 0. The maximum absolute atomic E-state index is 10.3. The number of aliphatic hydroxyl groups is 6. The first-order valence-corrected chi connectivity index (χ1v) is 13.9. The molecule has 0 saturated heterocycles. The topological polar surface area (TPSA) is 168 Å². The monoisotopic (exact) mass is 536 g/mol. The molecule has 0 saturated carbocycles. The second-order valence-corrected chi connectivity index (χ2v) is 10.2. The maximum atomic E-state index is 10.3. The number of aliphatic carboxylic acids is 1. The smallest absolute Gasteiger partial charge is 0.303 e. The summed E-state index contributed by atoms with van der Waals surface area (Å²) in [7, 11) is 0. The zero-order valence-electron chi connectivity index (χ0n) is 23.2. The fraction of sp³-hybridized carbons (Fsp3) is 0.893. The molecule has 0 aromatic carbocycles. The summed E-state index contributed by atoms with van der Waals surface area (Å²) in [6.07, 6.45) is 21.2. The summed E-state index contributed by atoms with van der Waals surface area (Å²) in [6.45, 7) is -0.746. The van der Waals surface area contributed by atoms with E-state index in [0.29, 0.717) is 6.42 Å². The minimum atomic E-state index is -1.16. The fourth-order valence-electron chi connectivity index (χ4n) is 3.40. The minimum absolute atomic E-state index is 0.141. The van der Waals surface area contributed by atoms with Gasteiger partial charge in [-0.15, -0.1) is 0 Å². The molecule has 0 aliphatic rings. The van der Waals surface area contributed by atoms with Gasteiger partial charge in [0.25, 0.3) is 0 Å². The Morgan fingerprint density at radius 3 is 1.30 bits per heavy atom. The highest BCUT2D eigenvalue weighted by atomic mass is 16.5. The molecule has 222 valence electrons. The Hall–Kier alpha value is -1.07. The van der Waals surface area contributed by atoms with Gasteiger partial charge in [-0.05, 0) is 32.1 Å². The van der Waals surface area contributed by atoms with E-state index in [2.05, 4.69) is 19.1 Å². The number of hydrogen-bond acceptors (Lipinski definition) is 8. The summed E-state index contributed by atoms with van der Waals surface area (Å²) in [6, 6.07) is 0. The third-order valence-corrected chi connectivity index (χ3v) is 6.48. The normalized spacial score (nSPS) is 12.1.